The van der Waals surface area contributed by atoms with Crippen LogP contribution in [-0.2, 0) is 22.4 Å². The second kappa shape index (κ2) is 12.5. The number of ether oxygens (including phenoxy) is 2. The van der Waals surface area contributed by atoms with Crippen LogP contribution in [0.5, 0.6) is 5.75 Å². The number of morpholine rings is 1. The summed E-state index contributed by atoms with van der Waals surface area (Å²) in [5.74, 6) is 1.16. The van der Waals surface area contributed by atoms with E-state index in [2.05, 4.69) is 20.2 Å². The smallest absolute Gasteiger partial charge is 0.230 e. The topological polar surface area (TPSA) is 76.6 Å². The second-order valence-electron chi connectivity index (χ2n) is 8.19. The number of carbonyl (C=O) groups excluding carboxylic acids is 1. The molecule has 1 fully saturated rings. The fourth-order valence-electron chi connectivity index (χ4n) is 3.78. The van der Waals surface area contributed by atoms with Crippen molar-refractivity contribution in [1.82, 2.24) is 14.9 Å². The molecule has 0 unspecified atom stereocenters. The maximum Gasteiger partial charge on any atom is 0.230 e. The fraction of sp³-hybridized carbons (Fsp3) is 0.346. The summed E-state index contributed by atoms with van der Waals surface area (Å²) in [4.78, 5) is 23.3. The third-order valence-electron chi connectivity index (χ3n) is 5.60. The van der Waals surface area contributed by atoms with E-state index in [9.17, 15) is 4.79 Å². The molecular formula is C26H29ClN4O3. The molecule has 0 saturated carbocycles. The lowest BCUT2D eigenvalue weighted by Gasteiger charge is -2.26. The molecule has 7 nitrogen and oxygen atoms in total. The first-order valence-electron chi connectivity index (χ1n) is 11.5. The predicted molar refractivity (Wildman–Crippen MR) is 132 cm³/mol. The van der Waals surface area contributed by atoms with Crippen LogP contribution in [0.15, 0.2) is 60.9 Å². The number of aromatic nitrogens is 2. The number of hydrogen-bond donors (Lipinski definition) is 1. The van der Waals surface area contributed by atoms with Crippen molar-refractivity contribution in [3.63, 3.8) is 0 Å². The van der Waals surface area contributed by atoms with Crippen LogP contribution in [-0.4, -0.2) is 60.2 Å². The van der Waals surface area contributed by atoms with Gasteiger partial charge in [0.25, 0.3) is 0 Å². The highest BCUT2D eigenvalue weighted by atomic mass is 35.5. The van der Waals surface area contributed by atoms with Gasteiger partial charge in [-0.05, 0) is 35.7 Å². The minimum absolute atomic E-state index is 0.173. The average molecular weight is 481 g/mol. The van der Waals surface area contributed by atoms with E-state index in [1.807, 2.05) is 42.5 Å². The van der Waals surface area contributed by atoms with Gasteiger partial charge in [-0.1, -0.05) is 41.9 Å². The summed E-state index contributed by atoms with van der Waals surface area (Å²) in [6.45, 7) is 5.39. The van der Waals surface area contributed by atoms with E-state index in [1.54, 1.807) is 12.1 Å². The van der Waals surface area contributed by atoms with E-state index in [-0.39, 0.29) is 12.3 Å². The summed E-state index contributed by atoms with van der Waals surface area (Å²) in [6.07, 6.45) is 3.28. The van der Waals surface area contributed by atoms with Crippen LogP contribution >= 0.6 is 11.6 Å². The van der Waals surface area contributed by atoms with Crippen molar-refractivity contribution in [3.8, 4) is 5.75 Å². The monoisotopic (exact) mass is 480 g/mol. The molecule has 1 aliphatic heterocycles. The van der Waals surface area contributed by atoms with Gasteiger partial charge >= 0.3 is 0 Å². The van der Waals surface area contributed by atoms with Gasteiger partial charge in [0.2, 0.25) is 5.91 Å². The quantitative estimate of drug-likeness (QED) is 0.442. The lowest BCUT2D eigenvalue weighted by atomic mass is 10.1. The van der Waals surface area contributed by atoms with Gasteiger partial charge in [-0.25, -0.2) is 9.97 Å². The van der Waals surface area contributed by atoms with Gasteiger partial charge in [-0.15, -0.1) is 0 Å². The van der Waals surface area contributed by atoms with Crippen molar-refractivity contribution in [2.45, 2.75) is 19.3 Å². The number of benzene rings is 2. The molecule has 1 amide bonds. The Bertz CT molecular complexity index is 1070. The summed E-state index contributed by atoms with van der Waals surface area (Å²) in [5, 5.41) is 3.40. The van der Waals surface area contributed by atoms with E-state index in [4.69, 9.17) is 21.1 Å². The molecule has 0 spiro atoms. The van der Waals surface area contributed by atoms with Crippen molar-refractivity contribution in [2.75, 3.05) is 44.8 Å². The largest absolute Gasteiger partial charge is 0.494 e. The zero-order chi connectivity index (χ0) is 23.6. The maximum atomic E-state index is 12.4. The van der Waals surface area contributed by atoms with Crippen LogP contribution in [0.3, 0.4) is 0 Å². The average Bonchev–Trinajstić information content (AvgIpc) is 2.85. The third-order valence-corrected chi connectivity index (χ3v) is 5.97. The maximum absolute atomic E-state index is 12.4. The highest BCUT2D eigenvalue weighted by molar-refractivity contribution is 6.31. The normalized spacial score (nSPS) is 14.0. The Morgan fingerprint density at radius 3 is 2.68 bits per heavy atom. The number of rotatable bonds is 10. The molecule has 3 aromatic rings. The molecule has 1 saturated heterocycles. The lowest BCUT2D eigenvalue weighted by molar-refractivity contribution is -0.115. The Kier molecular flexibility index (Phi) is 8.84. The van der Waals surface area contributed by atoms with Crippen LogP contribution in [0.25, 0.3) is 0 Å². The van der Waals surface area contributed by atoms with E-state index in [0.29, 0.717) is 23.9 Å². The molecule has 1 N–H and O–H groups in total. The van der Waals surface area contributed by atoms with Gasteiger partial charge in [0.15, 0.2) is 0 Å². The van der Waals surface area contributed by atoms with Crippen molar-refractivity contribution in [3.05, 3.63) is 82.8 Å². The highest BCUT2D eigenvalue weighted by Gasteiger charge is 2.10. The molecule has 2 heterocycles. The van der Waals surface area contributed by atoms with Gasteiger partial charge in [0.05, 0.1) is 31.9 Å². The molecule has 4 rings (SSSR count). The van der Waals surface area contributed by atoms with Crippen LogP contribution in [0.2, 0.25) is 5.02 Å². The second-order valence-corrected chi connectivity index (χ2v) is 8.59. The molecule has 2 aromatic carbocycles. The molecule has 0 bridgehead atoms. The van der Waals surface area contributed by atoms with Crippen LogP contribution < -0.4 is 10.1 Å². The van der Waals surface area contributed by atoms with Crippen molar-refractivity contribution in [1.29, 1.82) is 0 Å². The standard InChI is InChI=1S/C26H29ClN4O3/c27-24-5-2-1-4-21(24)17-26(32)30-25-18-22(28-19-29-25)16-20-6-8-23(9-7-20)34-13-3-10-31-11-14-33-15-12-31/h1-2,4-9,18-19H,3,10-17H2,(H,28,29,30,32). The van der Waals surface area contributed by atoms with Crippen LogP contribution in [0.1, 0.15) is 23.2 Å². The fourth-order valence-corrected chi connectivity index (χ4v) is 3.98. The van der Waals surface area contributed by atoms with Crippen LogP contribution in [0.4, 0.5) is 5.82 Å². The third kappa shape index (κ3) is 7.52. The molecule has 1 aliphatic rings. The number of hydrogen-bond acceptors (Lipinski definition) is 6. The molecule has 0 aliphatic carbocycles. The minimum Gasteiger partial charge on any atom is -0.494 e. The van der Waals surface area contributed by atoms with Gasteiger partial charge < -0.3 is 14.8 Å². The summed E-state index contributed by atoms with van der Waals surface area (Å²) in [7, 11) is 0. The molecule has 34 heavy (non-hydrogen) atoms. The Morgan fingerprint density at radius 2 is 1.88 bits per heavy atom. The molecule has 8 heteroatoms. The summed E-state index contributed by atoms with van der Waals surface area (Å²) >= 11 is 6.14. The summed E-state index contributed by atoms with van der Waals surface area (Å²) < 4.78 is 11.3. The molecule has 178 valence electrons. The Morgan fingerprint density at radius 1 is 1.09 bits per heavy atom. The number of nitrogens with one attached hydrogen (secondary N) is 1. The number of nitrogens with zero attached hydrogens (tertiary/aromatic N) is 3. The van der Waals surface area contributed by atoms with E-state index < -0.39 is 0 Å². The molecule has 1 aromatic heterocycles. The van der Waals surface area contributed by atoms with Crippen molar-refractivity contribution < 1.29 is 14.3 Å². The van der Waals surface area contributed by atoms with Gasteiger partial charge in [-0.2, -0.15) is 0 Å². The Hall–Kier alpha value is -3.00. The van der Waals surface area contributed by atoms with Crippen LogP contribution in [0, 0.1) is 0 Å². The zero-order valence-electron chi connectivity index (χ0n) is 19.1. The van der Waals surface area contributed by atoms with E-state index >= 15 is 0 Å². The molecule has 0 atom stereocenters. The zero-order valence-corrected chi connectivity index (χ0v) is 19.8. The van der Waals surface area contributed by atoms with E-state index in [1.165, 1.54) is 6.33 Å². The first-order valence-corrected chi connectivity index (χ1v) is 11.9. The summed E-state index contributed by atoms with van der Waals surface area (Å²) in [6, 6.07) is 17.1. The van der Waals surface area contributed by atoms with E-state index in [0.717, 1.165) is 61.8 Å². The van der Waals surface area contributed by atoms with Gasteiger partial charge in [0, 0.05) is 37.1 Å². The van der Waals surface area contributed by atoms with Gasteiger partial charge in [-0.3, -0.25) is 9.69 Å². The number of halogens is 1. The first-order chi connectivity index (χ1) is 16.7. The van der Waals surface area contributed by atoms with Crippen molar-refractivity contribution >= 4 is 23.3 Å². The van der Waals surface area contributed by atoms with Crippen molar-refractivity contribution in [2.24, 2.45) is 0 Å². The molecule has 0 radical (unpaired) electrons. The minimum atomic E-state index is -0.173. The molecular weight excluding hydrogens is 452 g/mol. The lowest BCUT2D eigenvalue weighted by Crippen LogP contribution is -2.37. The number of anilines is 1. The predicted octanol–water partition coefficient (Wildman–Crippen LogP) is 4.00. The number of carbonyl (C=O) groups is 1. The van der Waals surface area contributed by atoms with Gasteiger partial charge in [0.1, 0.15) is 17.9 Å². The highest BCUT2D eigenvalue weighted by Crippen LogP contribution is 2.18. The Balaban J connectivity index is 1.23. The Labute approximate surface area is 205 Å². The SMILES string of the molecule is O=C(Cc1ccccc1Cl)Nc1cc(Cc2ccc(OCCCN3CCOCC3)cc2)ncn1. The summed E-state index contributed by atoms with van der Waals surface area (Å²) in [5.41, 5.74) is 2.70. The number of amides is 1. The first kappa shape index (κ1) is 24.1.